The first kappa shape index (κ1) is 23.4. The molecule has 0 fully saturated rings. The summed E-state index contributed by atoms with van der Waals surface area (Å²) in [6.45, 7) is 5.94. The van der Waals surface area contributed by atoms with Gasteiger partial charge in [0.25, 0.3) is 0 Å². The molecule has 2 N–H and O–H groups in total. The van der Waals surface area contributed by atoms with E-state index in [1.807, 2.05) is 0 Å². The van der Waals surface area contributed by atoms with Crippen LogP contribution in [0.3, 0.4) is 0 Å². The van der Waals surface area contributed by atoms with Gasteiger partial charge in [-0.05, 0) is 24.2 Å². The zero-order valence-electron chi connectivity index (χ0n) is 10.6. The molecule has 0 unspecified atom stereocenters. The third-order valence-electron chi connectivity index (χ3n) is 1.62. The van der Waals surface area contributed by atoms with E-state index in [9.17, 15) is 9.81 Å². The Balaban J connectivity index is -0.000000224. The van der Waals surface area contributed by atoms with Gasteiger partial charge in [0.2, 0.25) is 0 Å². The minimum absolute atomic E-state index is 0.201. The SMILES string of the molecule is C/C(N=O)=C(\C)[N-]O.C/C(N=O)=C(\C)[N-]O.[Cl][Co][Cl]. The third-order valence-corrected chi connectivity index (χ3v) is 1.62. The molecule has 0 aromatic rings. The molecule has 0 aliphatic heterocycles. The van der Waals surface area contributed by atoms with Gasteiger partial charge in [0.05, 0.1) is 11.4 Å². The molecule has 0 heterocycles. The van der Waals surface area contributed by atoms with Crippen LogP contribution in [0.25, 0.3) is 11.0 Å². The molecule has 0 aliphatic carbocycles. The summed E-state index contributed by atoms with van der Waals surface area (Å²) in [7, 11) is 9.47. The van der Waals surface area contributed by atoms with Crippen molar-refractivity contribution < 1.29 is 23.3 Å². The van der Waals surface area contributed by atoms with Gasteiger partial charge in [-0.3, -0.25) is 0 Å². The summed E-state index contributed by atoms with van der Waals surface area (Å²) in [5.41, 5.74) is 6.39. The molecule has 0 radical (unpaired) electrons. The van der Waals surface area contributed by atoms with Gasteiger partial charge >= 0.3 is 33.2 Å². The fourth-order valence-corrected chi connectivity index (χ4v) is 0.277. The van der Waals surface area contributed by atoms with Crippen LogP contribution < -0.4 is 0 Å². The van der Waals surface area contributed by atoms with Gasteiger partial charge in [-0.15, -0.1) is 21.2 Å². The van der Waals surface area contributed by atoms with E-state index in [-0.39, 0.29) is 22.8 Å². The van der Waals surface area contributed by atoms with E-state index in [0.29, 0.717) is 12.9 Å². The van der Waals surface area contributed by atoms with Crippen molar-refractivity contribution in [1.29, 1.82) is 0 Å². The summed E-state index contributed by atoms with van der Waals surface area (Å²) >= 11 is 0.382. The van der Waals surface area contributed by atoms with Crippen LogP contribution in [-0.4, -0.2) is 10.4 Å². The first-order valence-corrected chi connectivity index (χ1v) is 7.28. The van der Waals surface area contributed by atoms with E-state index < -0.39 is 0 Å². The molecule has 8 nitrogen and oxygen atoms in total. The maximum absolute atomic E-state index is 9.63. The normalized spacial score (nSPS) is 11.6. The predicted molar refractivity (Wildman–Crippen MR) is 70.3 cm³/mol. The summed E-state index contributed by atoms with van der Waals surface area (Å²) in [6, 6.07) is 0. The van der Waals surface area contributed by atoms with Crippen molar-refractivity contribution in [2.24, 2.45) is 10.4 Å². The summed E-state index contributed by atoms with van der Waals surface area (Å²) in [5, 5.41) is 21.1. The Labute approximate surface area is 125 Å². The van der Waals surface area contributed by atoms with Crippen molar-refractivity contribution >= 4 is 20.3 Å². The van der Waals surface area contributed by atoms with Crippen molar-refractivity contribution in [3.05, 3.63) is 43.6 Å². The molecule has 0 saturated heterocycles. The zero-order valence-corrected chi connectivity index (χ0v) is 13.1. The van der Waals surface area contributed by atoms with Gasteiger partial charge in [0.15, 0.2) is 0 Å². The second-order valence-corrected chi connectivity index (χ2v) is 4.49. The topological polar surface area (TPSA) is 128 Å². The second-order valence-electron chi connectivity index (χ2n) is 2.77. The van der Waals surface area contributed by atoms with Gasteiger partial charge < -0.3 is 21.4 Å². The van der Waals surface area contributed by atoms with E-state index in [4.69, 9.17) is 30.7 Å². The van der Waals surface area contributed by atoms with Crippen LogP contribution in [0.1, 0.15) is 27.7 Å². The molecule has 0 saturated carbocycles. The Kier molecular flexibility index (Phi) is 21.3. The van der Waals surface area contributed by atoms with Gasteiger partial charge in [0, 0.05) is 0 Å². The Morgan fingerprint density at radius 3 is 1.16 bits per heavy atom. The van der Waals surface area contributed by atoms with Gasteiger partial charge in [0.1, 0.15) is 0 Å². The number of nitrogens with zero attached hydrogens (tertiary/aromatic N) is 4. The monoisotopic (exact) mass is 359 g/mol. The Morgan fingerprint density at radius 2 is 1.11 bits per heavy atom. The summed E-state index contributed by atoms with van der Waals surface area (Å²) in [4.78, 5) is 19.3. The van der Waals surface area contributed by atoms with Crippen LogP contribution >= 0.6 is 20.3 Å². The van der Waals surface area contributed by atoms with Crippen LogP contribution in [0.4, 0.5) is 0 Å². The van der Waals surface area contributed by atoms with E-state index in [1.165, 1.54) is 27.7 Å². The Morgan fingerprint density at radius 1 is 0.895 bits per heavy atom. The summed E-state index contributed by atoms with van der Waals surface area (Å²) in [5.74, 6) is 0. The number of nitroso groups, excluding NO2 is 2. The van der Waals surface area contributed by atoms with Crippen LogP contribution in [0.5, 0.6) is 0 Å². The van der Waals surface area contributed by atoms with E-state index in [0.717, 1.165) is 0 Å². The standard InChI is InChI=1S/2C4H8N2O2.2ClH.Co/c2*1-3(5-7)4(2)6-8;;;/h2*1-2H3,(H2,5,6,7,8);2*1H;/q;;;;+2/p-4. The molecule has 11 heteroatoms. The molecule has 19 heavy (non-hydrogen) atoms. The molecular formula is C8H14Cl2CoN4O4-2. The Hall–Kier alpha value is -0.714. The predicted octanol–water partition coefficient (Wildman–Crippen LogP) is 4.91. The van der Waals surface area contributed by atoms with E-state index >= 15 is 0 Å². The molecule has 0 rings (SSSR count). The first-order valence-electron chi connectivity index (χ1n) is 4.41. The fraction of sp³-hybridized carbons (Fsp3) is 0.500. The number of hydrogen-bond donors (Lipinski definition) is 2. The number of hydrogen-bond acceptors (Lipinski definition) is 6. The molecule has 0 amide bonds. The van der Waals surface area contributed by atoms with E-state index in [1.54, 1.807) is 0 Å². The quantitative estimate of drug-likeness (QED) is 0.545. The summed E-state index contributed by atoms with van der Waals surface area (Å²) < 4.78 is 0. The van der Waals surface area contributed by atoms with Gasteiger partial charge in [-0.1, -0.05) is 13.8 Å². The molecule has 0 spiro atoms. The molecule has 0 aromatic carbocycles. The molecular weight excluding hydrogens is 346 g/mol. The van der Waals surface area contributed by atoms with Crippen molar-refractivity contribution in [3.8, 4) is 0 Å². The van der Waals surface area contributed by atoms with Crippen LogP contribution in [0.15, 0.2) is 33.1 Å². The third kappa shape index (κ3) is 17.3. The van der Waals surface area contributed by atoms with Crippen molar-refractivity contribution in [3.63, 3.8) is 0 Å². The number of allylic oxidation sites excluding steroid dienone is 4. The van der Waals surface area contributed by atoms with Crippen molar-refractivity contribution in [2.75, 3.05) is 0 Å². The molecule has 0 aromatic heterocycles. The van der Waals surface area contributed by atoms with E-state index in [2.05, 4.69) is 21.3 Å². The molecule has 0 bridgehead atoms. The average Bonchev–Trinajstić information content (AvgIpc) is 2.45. The van der Waals surface area contributed by atoms with Gasteiger partial charge in [-0.2, -0.15) is 0 Å². The minimum atomic E-state index is 0.201. The van der Waals surface area contributed by atoms with Gasteiger partial charge in [-0.25, -0.2) is 0 Å². The number of rotatable bonds is 4. The van der Waals surface area contributed by atoms with Crippen LogP contribution in [0, 0.1) is 9.81 Å². The molecule has 0 aliphatic rings. The second kappa shape index (κ2) is 17.3. The Bertz CT molecular complexity index is 296. The maximum atomic E-state index is 9.63. The van der Waals surface area contributed by atoms with Crippen molar-refractivity contribution in [1.82, 2.24) is 0 Å². The van der Waals surface area contributed by atoms with Crippen LogP contribution in [0.2, 0.25) is 0 Å². The molecule has 115 valence electrons. The van der Waals surface area contributed by atoms with Crippen LogP contribution in [-0.2, 0) is 12.9 Å². The van der Waals surface area contributed by atoms with Crippen molar-refractivity contribution in [2.45, 2.75) is 27.7 Å². The number of hydroxylamine groups is 2. The molecule has 0 atom stereocenters. The number of halogens is 2. The average molecular weight is 360 g/mol. The fourth-order valence-electron chi connectivity index (χ4n) is 0.277. The zero-order chi connectivity index (χ0) is 15.8. The first-order chi connectivity index (χ1) is 8.85. The summed E-state index contributed by atoms with van der Waals surface area (Å²) in [6.07, 6.45) is 0.